The van der Waals surface area contributed by atoms with E-state index < -0.39 is 0 Å². The molecule has 0 radical (unpaired) electrons. The summed E-state index contributed by atoms with van der Waals surface area (Å²) in [6, 6.07) is 14.3. The molecule has 0 aliphatic heterocycles. The van der Waals surface area contributed by atoms with Gasteiger partial charge < -0.3 is 20.8 Å². The van der Waals surface area contributed by atoms with E-state index in [1.807, 2.05) is 24.3 Å². The second-order valence-electron chi connectivity index (χ2n) is 5.74. The fourth-order valence-electron chi connectivity index (χ4n) is 2.44. The molecule has 0 heterocycles. The van der Waals surface area contributed by atoms with Gasteiger partial charge in [-0.1, -0.05) is 30.3 Å². The van der Waals surface area contributed by atoms with E-state index in [2.05, 4.69) is 17.6 Å². The van der Waals surface area contributed by atoms with Crippen LogP contribution in [0, 0.1) is 0 Å². The quantitative estimate of drug-likeness (QED) is 0.561. The van der Waals surface area contributed by atoms with Crippen molar-refractivity contribution in [2.45, 2.75) is 26.0 Å². The van der Waals surface area contributed by atoms with Crippen LogP contribution in [0.15, 0.2) is 48.5 Å². The fourth-order valence-corrected chi connectivity index (χ4v) is 2.44. The molecule has 1 amide bonds. The second-order valence-corrected chi connectivity index (χ2v) is 5.74. The lowest BCUT2D eigenvalue weighted by Crippen LogP contribution is -2.28. The van der Waals surface area contributed by atoms with E-state index >= 15 is 0 Å². The molecule has 0 spiro atoms. The summed E-state index contributed by atoms with van der Waals surface area (Å²) in [6.07, 6.45) is 0.800. The Morgan fingerprint density at radius 3 is 2.67 bits per heavy atom. The molecule has 0 aromatic heterocycles. The summed E-state index contributed by atoms with van der Waals surface area (Å²) in [4.78, 5) is 11.9. The normalized spacial score (nSPS) is 11.9. The van der Waals surface area contributed by atoms with E-state index in [0.717, 1.165) is 24.1 Å². The number of aliphatic hydroxyl groups excluding tert-OH is 1. The maximum atomic E-state index is 11.9. The van der Waals surface area contributed by atoms with Gasteiger partial charge >= 0.3 is 0 Å². The molecule has 4 N–H and O–H groups in total. The Labute approximate surface area is 142 Å². The fraction of sp³-hybridized carbons (Fsp3) is 0.316. The van der Waals surface area contributed by atoms with Crippen molar-refractivity contribution in [3.05, 3.63) is 65.2 Å². The van der Waals surface area contributed by atoms with Crippen molar-refractivity contribution in [1.82, 2.24) is 10.6 Å². The summed E-state index contributed by atoms with van der Waals surface area (Å²) >= 11 is 0. The zero-order chi connectivity index (χ0) is 17.4. The van der Waals surface area contributed by atoms with Gasteiger partial charge in [0.25, 0.3) is 5.91 Å². The number of phenolic OH excluding ortho intramolecular Hbond substituents is 1. The average molecular weight is 328 g/mol. The number of nitrogens with one attached hydrogen (secondary N) is 2. The van der Waals surface area contributed by atoms with Crippen LogP contribution in [0.25, 0.3) is 0 Å². The lowest BCUT2D eigenvalue weighted by Gasteiger charge is -2.15. The van der Waals surface area contributed by atoms with Gasteiger partial charge in [0.05, 0.1) is 6.61 Å². The predicted octanol–water partition coefficient (Wildman–Crippen LogP) is 2.36. The maximum absolute atomic E-state index is 11.9. The van der Waals surface area contributed by atoms with Crippen LogP contribution in [0.4, 0.5) is 0 Å². The van der Waals surface area contributed by atoms with Crippen LogP contribution in [0.5, 0.6) is 5.75 Å². The van der Waals surface area contributed by atoms with E-state index in [1.54, 1.807) is 12.1 Å². The first-order valence-electron chi connectivity index (χ1n) is 8.10. The third kappa shape index (κ3) is 5.37. The summed E-state index contributed by atoms with van der Waals surface area (Å²) in [5.74, 6) is -0.0992. The van der Waals surface area contributed by atoms with E-state index in [9.17, 15) is 15.0 Å². The number of carbonyl (C=O) groups is 1. The molecule has 0 aliphatic rings. The average Bonchev–Trinajstić information content (AvgIpc) is 2.61. The minimum Gasteiger partial charge on any atom is -0.508 e. The highest BCUT2D eigenvalue weighted by atomic mass is 16.3. The monoisotopic (exact) mass is 328 g/mol. The van der Waals surface area contributed by atoms with Gasteiger partial charge in [0.15, 0.2) is 0 Å². The minimum absolute atomic E-state index is 0.0433. The lowest BCUT2D eigenvalue weighted by atomic mass is 10.1. The van der Waals surface area contributed by atoms with Gasteiger partial charge in [-0.15, -0.1) is 0 Å². The first-order valence-corrected chi connectivity index (χ1v) is 8.10. The first kappa shape index (κ1) is 18.0. The Kier molecular flexibility index (Phi) is 6.78. The summed E-state index contributed by atoms with van der Waals surface area (Å²) < 4.78 is 0. The molecule has 0 fully saturated rings. The molecule has 2 aromatic carbocycles. The van der Waals surface area contributed by atoms with Crippen LogP contribution in [0.2, 0.25) is 0 Å². The molecule has 1 atom stereocenters. The molecule has 128 valence electrons. The van der Waals surface area contributed by atoms with Crippen LogP contribution in [-0.2, 0) is 6.61 Å². The Balaban J connectivity index is 1.70. The summed E-state index contributed by atoms with van der Waals surface area (Å²) in [5, 5.41) is 24.8. The van der Waals surface area contributed by atoms with Gasteiger partial charge in [-0.2, -0.15) is 0 Å². The standard InChI is InChI=1S/C19H24N2O3/c1-14(16-6-2-5-15(11-16)13-22)20-9-4-10-21-19(24)17-7-3-8-18(23)12-17/h2-3,5-8,11-12,14,20,22-23H,4,9-10,13H2,1H3,(H,21,24). The van der Waals surface area contributed by atoms with Gasteiger partial charge in [0.1, 0.15) is 5.75 Å². The zero-order valence-electron chi connectivity index (χ0n) is 13.8. The Morgan fingerprint density at radius 2 is 1.92 bits per heavy atom. The third-order valence-electron chi connectivity index (χ3n) is 3.83. The third-order valence-corrected chi connectivity index (χ3v) is 3.83. The first-order chi connectivity index (χ1) is 11.6. The number of benzene rings is 2. The molecule has 2 aromatic rings. The van der Waals surface area contributed by atoms with Crippen molar-refractivity contribution >= 4 is 5.91 Å². The highest BCUT2D eigenvalue weighted by molar-refractivity contribution is 5.94. The highest BCUT2D eigenvalue weighted by Crippen LogP contribution is 2.14. The van der Waals surface area contributed by atoms with Crippen LogP contribution in [0.1, 0.15) is 40.9 Å². The maximum Gasteiger partial charge on any atom is 0.251 e. The number of aromatic hydroxyl groups is 1. The molecule has 2 rings (SSSR count). The molecule has 0 saturated heterocycles. The Hall–Kier alpha value is -2.37. The molecular formula is C19H24N2O3. The van der Waals surface area contributed by atoms with E-state index in [4.69, 9.17) is 0 Å². The van der Waals surface area contributed by atoms with Crippen molar-refractivity contribution in [1.29, 1.82) is 0 Å². The van der Waals surface area contributed by atoms with Crippen molar-refractivity contribution in [3.8, 4) is 5.75 Å². The van der Waals surface area contributed by atoms with Gasteiger partial charge in [-0.25, -0.2) is 0 Å². The number of aliphatic hydroxyl groups is 1. The second kappa shape index (κ2) is 9.05. The van der Waals surface area contributed by atoms with Crippen molar-refractivity contribution < 1.29 is 15.0 Å². The van der Waals surface area contributed by atoms with Gasteiger partial charge in [-0.3, -0.25) is 4.79 Å². The molecule has 0 aliphatic carbocycles. The van der Waals surface area contributed by atoms with Crippen LogP contribution < -0.4 is 10.6 Å². The lowest BCUT2D eigenvalue weighted by molar-refractivity contribution is 0.0953. The summed E-state index contributed by atoms with van der Waals surface area (Å²) in [6.45, 7) is 3.44. The van der Waals surface area contributed by atoms with Crippen LogP contribution >= 0.6 is 0 Å². The number of amides is 1. The van der Waals surface area contributed by atoms with Gasteiger partial charge in [-0.05, 0) is 49.2 Å². The molecule has 5 nitrogen and oxygen atoms in total. The number of phenols is 1. The van der Waals surface area contributed by atoms with Crippen LogP contribution in [-0.4, -0.2) is 29.2 Å². The highest BCUT2D eigenvalue weighted by Gasteiger charge is 2.07. The number of hydrogen-bond donors (Lipinski definition) is 4. The van der Waals surface area contributed by atoms with Gasteiger partial charge in [0.2, 0.25) is 0 Å². The molecule has 1 unspecified atom stereocenters. The molecule has 0 bridgehead atoms. The SMILES string of the molecule is CC(NCCCNC(=O)c1cccc(O)c1)c1cccc(CO)c1. The van der Waals surface area contributed by atoms with E-state index in [0.29, 0.717) is 12.1 Å². The number of carbonyl (C=O) groups excluding carboxylic acids is 1. The zero-order valence-corrected chi connectivity index (χ0v) is 13.8. The molecule has 24 heavy (non-hydrogen) atoms. The number of rotatable bonds is 8. The Morgan fingerprint density at radius 1 is 1.12 bits per heavy atom. The van der Waals surface area contributed by atoms with E-state index in [1.165, 1.54) is 12.1 Å². The minimum atomic E-state index is -0.186. The predicted molar refractivity (Wildman–Crippen MR) is 93.8 cm³/mol. The number of hydrogen-bond acceptors (Lipinski definition) is 4. The van der Waals surface area contributed by atoms with Crippen molar-refractivity contribution in [3.63, 3.8) is 0 Å². The van der Waals surface area contributed by atoms with Crippen molar-refractivity contribution in [2.24, 2.45) is 0 Å². The molecule has 5 heteroatoms. The summed E-state index contributed by atoms with van der Waals surface area (Å²) in [7, 11) is 0. The van der Waals surface area contributed by atoms with Gasteiger partial charge in [0, 0.05) is 18.2 Å². The smallest absolute Gasteiger partial charge is 0.251 e. The largest absolute Gasteiger partial charge is 0.508 e. The molecule has 0 saturated carbocycles. The van der Waals surface area contributed by atoms with Crippen LogP contribution in [0.3, 0.4) is 0 Å². The molecular weight excluding hydrogens is 304 g/mol. The Bertz CT molecular complexity index is 673. The topological polar surface area (TPSA) is 81.6 Å². The van der Waals surface area contributed by atoms with Crippen molar-refractivity contribution in [2.75, 3.05) is 13.1 Å². The summed E-state index contributed by atoms with van der Waals surface area (Å²) in [5.41, 5.74) is 2.49. The van der Waals surface area contributed by atoms with E-state index in [-0.39, 0.29) is 24.3 Å².